The fourth-order valence-corrected chi connectivity index (χ4v) is 4.34. The smallest absolute Gasteiger partial charge is 0.246 e. The molecule has 7 nitrogen and oxygen atoms in total. The Bertz CT molecular complexity index is 778. The molecule has 1 amide bonds. The number of hydrogen-bond acceptors (Lipinski definition) is 7. The van der Waals surface area contributed by atoms with Gasteiger partial charge in [-0.1, -0.05) is 48.2 Å². The zero-order valence-electron chi connectivity index (χ0n) is 13.3. The number of hydrogen-bond donors (Lipinski definition) is 1. The normalized spacial score (nSPS) is 11.2. The van der Waals surface area contributed by atoms with Gasteiger partial charge in [0.25, 0.3) is 0 Å². The second-order valence-corrected chi connectivity index (χ2v) is 9.10. The molecule has 0 saturated carbocycles. The van der Waals surface area contributed by atoms with Crippen LogP contribution in [0.15, 0.2) is 34.7 Å². The molecule has 2 aromatic rings. The Kier molecular flexibility index (Phi) is 6.58. The number of carbonyl (C=O) groups is 1. The van der Waals surface area contributed by atoms with E-state index >= 15 is 0 Å². The molecule has 0 fully saturated rings. The van der Waals surface area contributed by atoms with Crippen LogP contribution in [0.4, 0.5) is 10.8 Å². The number of carbonyl (C=O) groups excluding carboxylic acids is 1. The Morgan fingerprint density at radius 2 is 2.00 bits per heavy atom. The van der Waals surface area contributed by atoms with Gasteiger partial charge in [-0.05, 0) is 18.6 Å². The Hall–Kier alpha value is -1.65. The standard InChI is InChI=1S/C14H18N4O3S3/c1-3-9-22-14-17-16-13(23-14)15-12(19)10-18(24(2,20)21)11-7-5-4-6-8-11/h4-8H,3,9-10H2,1-2H3,(H,15,16,19). The number of anilines is 2. The van der Waals surface area contributed by atoms with Crippen molar-refractivity contribution in [2.75, 3.05) is 28.2 Å². The Morgan fingerprint density at radius 1 is 1.29 bits per heavy atom. The van der Waals surface area contributed by atoms with Crippen LogP contribution in [-0.4, -0.2) is 43.1 Å². The van der Waals surface area contributed by atoms with Gasteiger partial charge >= 0.3 is 0 Å². The van der Waals surface area contributed by atoms with Crippen LogP contribution in [0.5, 0.6) is 0 Å². The van der Waals surface area contributed by atoms with Crippen LogP contribution in [-0.2, 0) is 14.8 Å². The second-order valence-electron chi connectivity index (χ2n) is 4.87. The lowest BCUT2D eigenvalue weighted by Gasteiger charge is -2.21. The first-order valence-electron chi connectivity index (χ1n) is 7.19. The highest BCUT2D eigenvalue weighted by Gasteiger charge is 2.21. The van der Waals surface area contributed by atoms with Crippen molar-refractivity contribution in [1.29, 1.82) is 0 Å². The molecule has 0 aliphatic carbocycles. The highest BCUT2D eigenvalue weighted by atomic mass is 32.2. The van der Waals surface area contributed by atoms with Gasteiger partial charge in [-0.25, -0.2) is 8.42 Å². The first kappa shape index (κ1) is 18.7. The summed E-state index contributed by atoms with van der Waals surface area (Å²) in [6.07, 6.45) is 2.09. The molecule has 0 aliphatic rings. The van der Waals surface area contributed by atoms with Gasteiger partial charge in [0.05, 0.1) is 11.9 Å². The maximum absolute atomic E-state index is 12.2. The topological polar surface area (TPSA) is 92.3 Å². The predicted molar refractivity (Wildman–Crippen MR) is 98.2 cm³/mol. The fraction of sp³-hybridized carbons (Fsp3) is 0.357. The number of sulfonamides is 1. The van der Waals surface area contributed by atoms with E-state index < -0.39 is 15.9 Å². The summed E-state index contributed by atoms with van der Waals surface area (Å²) in [5, 5.41) is 10.8. The largest absolute Gasteiger partial charge is 0.299 e. The van der Waals surface area contributed by atoms with E-state index in [2.05, 4.69) is 22.4 Å². The molecule has 0 atom stereocenters. The summed E-state index contributed by atoms with van der Waals surface area (Å²) in [4.78, 5) is 12.2. The molecule has 0 radical (unpaired) electrons. The van der Waals surface area contributed by atoms with Gasteiger partial charge in [0.15, 0.2) is 4.34 Å². The lowest BCUT2D eigenvalue weighted by molar-refractivity contribution is -0.114. The average Bonchev–Trinajstić information content (AvgIpc) is 2.97. The van der Waals surface area contributed by atoms with E-state index in [1.165, 1.54) is 11.3 Å². The van der Waals surface area contributed by atoms with E-state index in [1.807, 2.05) is 0 Å². The van der Waals surface area contributed by atoms with Gasteiger partial charge in [0.2, 0.25) is 21.1 Å². The summed E-state index contributed by atoms with van der Waals surface area (Å²) in [5.74, 6) is 0.464. The second kappa shape index (κ2) is 8.45. The minimum atomic E-state index is -3.58. The molecule has 1 N–H and O–H groups in total. The molecular formula is C14H18N4O3S3. The van der Waals surface area contributed by atoms with Gasteiger partial charge in [0, 0.05) is 5.75 Å². The van der Waals surface area contributed by atoms with Crippen molar-refractivity contribution in [3.05, 3.63) is 30.3 Å². The molecule has 24 heavy (non-hydrogen) atoms. The van der Waals surface area contributed by atoms with Crippen LogP contribution in [0.1, 0.15) is 13.3 Å². The van der Waals surface area contributed by atoms with Crippen molar-refractivity contribution >= 4 is 49.8 Å². The number of nitrogens with zero attached hydrogens (tertiary/aromatic N) is 3. The summed E-state index contributed by atoms with van der Waals surface area (Å²) in [6.45, 7) is 1.75. The van der Waals surface area contributed by atoms with E-state index in [-0.39, 0.29) is 6.54 Å². The molecule has 0 bridgehead atoms. The van der Waals surface area contributed by atoms with E-state index in [0.29, 0.717) is 10.8 Å². The lowest BCUT2D eigenvalue weighted by atomic mass is 10.3. The maximum Gasteiger partial charge on any atom is 0.246 e. The minimum absolute atomic E-state index is 0.320. The van der Waals surface area contributed by atoms with Crippen molar-refractivity contribution in [3.63, 3.8) is 0 Å². The molecule has 10 heteroatoms. The molecule has 0 unspecified atom stereocenters. The summed E-state index contributed by atoms with van der Waals surface area (Å²) in [5.41, 5.74) is 0.437. The minimum Gasteiger partial charge on any atom is -0.299 e. The van der Waals surface area contributed by atoms with Crippen LogP contribution in [0.2, 0.25) is 0 Å². The average molecular weight is 387 g/mol. The molecule has 1 heterocycles. The monoisotopic (exact) mass is 386 g/mol. The van der Waals surface area contributed by atoms with E-state index in [1.54, 1.807) is 42.1 Å². The van der Waals surface area contributed by atoms with Gasteiger partial charge in [-0.2, -0.15) is 0 Å². The quantitative estimate of drug-likeness (QED) is 0.553. The van der Waals surface area contributed by atoms with Crippen molar-refractivity contribution in [2.45, 2.75) is 17.7 Å². The zero-order chi connectivity index (χ0) is 17.6. The van der Waals surface area contributed by atoms with Crippen LogP contribution in [0, 0.1) is 0 Å². The van der Waals surface area contributed by atoms with Crippen molar-refractivity contribution < 1.29 is 13.2 Å². The number of nitrogens with one attached hydrogen (secondary N) is 1. The molecule has 1 aromatic heterocycles. The van der Waals surface area contributed by atoms with Crippen LogP contribution in [0.3, 0.4) is 0 Å². The summed E-state index contributed by atoms with van der Waals surface area (Å²) in [7, 11) is -3.58. The number of rotatable bonds is 8. The third kappa shape index (κ3) is 5.46. The summed E-state index contributed by atoms with van der Waals surface area (Å²) >= 11 is 2.84. The Labute approximate surface area is 149 Å². The molecule has 0 saturated heterocycles. The number of para-hydroxylation sites is 1. The van der Waals surface area contributed by atoms with Gasteiger partial charge in [0.1, 0.15) is 6.54 Å². The molecule has 0 spiro atoms. The van der Waals surface area contributed by atoms with Crippen molar-refractivity contribution in [3.8, 4) is 0 Å². The highest BCUT2D eigenvalue weighted by Crippen LogP contribution is 2.26. The Morgan fingerprint density at radius 3 is 2.62 bits per heavy atom. The van der Waals surface area contributed by atoms with Gasteiger partial charge < -0.3 is 0 Å². The van der Waals surface area contributed by atoms with Crippen molar-refractivity contribution in [2.24, 2.45) is 0 Å². The number of thioether (sulfide) groups is 1. The first-order chi connectivity index (χ1) is 11.4. The lowest BCUT2D eigenvalue weighted by Crippen LogP contribution is -2.37. The van der Waals surface area contributed by atoms with Crippen LogP contribution in [0.25, 0.3) is 0 Å². The zero-order valence-corrected chi connectivity index (χ0v) is 15.7. The van der Waals surface area contributed by atoms with E-state index in [4.69, 9.17) is 0 Å². The van der Waals surface area contributed by atoms with Crippen molar-refractivity contribution in [1.82, 2.24) is 10.2 Å². The Balaban J connectivity index is 2.04. The summed E-state index contributed by atoms with van der Waals surface area (Å²) < 4.78 is 25.7. The maximum atomic E-state index is 12.2. The predicted octanol–water partition coefficient (Wildman–Crippen LogP) is 2.44. The van der Waals surface area contributed by atoms with Crippen LogP contribution < -0.4 is 9.62 Å². The highest BCUT2D eigenvalue weighted by molar-refractivity contribution is 8.01. The SMILES string of the molecule is CCCSc1nnc(NC(=O)CN(c2ccccc2)S(C)(=O)=O)s1. The van der Waals surface area contributed by atoms with Gasteiger partial charge in [-0.3, -0.25) is 14.4 Å². The third-order valence-corrected chi connectivity index (χ3v) is 6.13. The molecule has 1 aromatic carbocycles. The number of benzene rings is 1. The number of amides is 1. The fourth-order valence-electron chi connectivity index (χ4n) is 1.79. The van der Waals surface area contributed by atoms with Gasteiger partial charge in [-0.15, -0.1) is 10.2 Å². The third-order valence-electron chi connectivity index (χ3n) is 2.81. The van der Waals surface area contributed by atoms with Crippen LogP contribution >= 0.6 is 23.1 Å². The molecule has 0 aliphatic heterocycles. The molecule has 2 rings (SSSR count). The van der Waals surface area contributed by atoms with E-state index in [0.717, 1.165) is 27.1 Å². The first-order valence-corrected chi connectivity index (χ1v) is 10.8. The molecular weight excluding hydrogens is 368 g/mol. The number of aromatic nitrogens is 2. The molecule has 130 valence electrons. The van der Waals surface area contributed by atoms with E-state index in [9.17, 15) is 13.2 Å². The summed E-state index contributed by atoms with van der Waals surface area (Å²) in [6, 6.07) is 8.49.